The van der Waals surface area contributed by atoms with Crippen LogP contribution >= 0.6 is 0 Å². The molecule has 1 atom stereocenters. The van der Waals surface area contributed by atoms with Crippen LogP contribution in [0.1, 0.15) is 46.0 Å². The predicted octanol–water partition coefficient (Wildman–Crippen LogP) is 1.71. The summed E-state index contributed by atoms with van der Waals surface area (Å²) in [7, 11) is 0. The molecular weight excluding hydrogens is 214 g/mol. The van der Waals surface area contributed by atoms with Crippen LogP contribution in [-0.2, 0) is 0 Å². The molecule has 0 aromatic rings. The van der Waals surface area contributed by atoms with Gasteiger partial charge in [-0.3, -0.25) is 0 Å². The molecule has 17 heavy (non-hydrogen) atoms. The van der Waals surface area contributed by atoms with Crippen LogP contribution in [0.4, 0.5) is 4.79 Å². The fraction of sp³-hybridized carbons (Fsp3) is 0.923. The smallest absolute Gasteiger partial charge is 0.317 e. The Morgan fingerprint density at radius 2 is 2.12 bits per heavy atom. The lowest BCUT2D eigenvalue weighted by Gasteiger charge is -2.33. The molecule has 1 saturated carbocycles. The van der Waals surface area contributed by atoms with Crippen molar-refractivity contribution in [2.24, 2.45) is 0 Å². The minimum Gasteiger partial charge on any atom is -0.335 e. The van der Waals surface area contributed by atoms with Crippen molar-refractivity contribution in [2.75, 3.05) is 13.1 Å². The van der Waals surface area contributed by atoms with Crippen LogP contribution in [0.25, 0.3) is 0 Å². The summed E-state index contributed by atoms with van der Waals surface area (Å²) < 4.78 is 0. The van der Waals surface area contributed by atoms with Crippen molar-refractivity contribution in [1.82, 2.24) is 15.5 Å². The molecule has 2 N–H and O–H groups in total. The number of nitrogens with zero attached hydrogens (tertiary/aromatic N) is 1. The van der Waals surface area contributed by atoms with Gasteiger partial charge in [0.2, 0.25) is 0 Å². The third-order valence-corrected chi connectivity index (χ3v) is 3.62. The second kappa shape index (κ2) is 5.71. The van der Waals surface area contributed by atoms with Crippen LogP contribution in [-0.4, -0.2) is 42.1 Å². The molecule has 2 rings (SSSR count). The van der Waals surface area contributed by atoms with Crippen molar-refractivity contribution in [3.05, 3.63) is 0 Å². The van der Waals surface area contributed by atoms with E-state index in [1.54, 1.807) is 0 Å². The number of amides is 2. The molecule has 0 radical (unpaired) electrons. The molecule has 0 bridgehead atoms. The first-order chi connectivity index (χ1) is 8.16. The average molecular weight is 239 g/mol. The molecule has 0 aromatic carbocycles. The minimum absolute atomic E-state index is 0.120. The normalized spacial score (nSPS) is 24.8. The summed E-state index contributed by atoms with van der Waals surface area (Å²) in [4.78, 5) is 14.1. The number of nitrogens with one attached hydrogen (secondary N) is 2. The lowest BCUT2D eigenvalue weighted by Crippen LogP contribution is -2.51. The fourth-order valence-corrected chi connectivity index (χ4v) is 2.33. The van der Waals surface area contributed by atoms with Gasteiger partial charge in [0.25, 0.3) is 0 Å². The zero-order chi connectivity index (χ0) is 12.3. The van der Waals surface area contributed by atoms with Crippen LogP contribution in [0.2, 0.25) is 0 Å². The maximum atomic E-state index is 12.1. The van der Waals surface area contributed by atoms with E-state index in [9.17, 15) is 4.79 Å². The maximum absolute atomic E-state index is 12.1. The zero-order valence-corrected chi connectivity index (χ0v) is 11.0. The van der Waals surface area contributed by atoms with E-state index in [1.165, 1.54) is 19.3 Å². The first kappa shape index (κ1) is 12.7. The summed E-state index contributed by atoms with van der Waals surface area (Å²) in [6.45, 7) is 6.13. The Kier molecular flexibility index (Phi) is 4.26. The first-order valence-corrected chi connectivity index (χ1v) is 6.97. The predicted molar refractivity (Wildman–Crippen MR) is 69.0 cm³/mol. The van der Waals surface area contributed by atoms with Crippen molar-refractivity contribution >= 4 is 6.03 Å². The zero-order valence-electron chi connectivity index (χ0n) is 11.0. The standard InChI is InChI=1S/C13H25N3O/c1-10(2)16(13(17)15-11-6-7-11)9-12-5-3-4-8-14-12/h10-12,14H,3-9H2,1-2H3,(H,15,17). The highest BCUT2D eigenvalue weighted by atomic mass is 16.2. The van der Waals surface area contributed by atoms with Crippen molar-refractivity contribution in [1.29, 1.82) is 0 Å². The summed E-state index contributed by atoms with van der Waals surface area (Å²) in [6, 6.07) is 1.33. The molecule has 2 aliphatic rings. The highest BCUT2D eigenvalue weighted by Gasteiger charge is 2.28. The molecule has 1 saturated heterocycles. The molecule has 98 valence electrons. The van der Waals surface area contributed by atoms with Crippen molar-refractivity contribution in [2.45, 2.75) is 64.1 Å². The molecule has 2 fully saturated rings. The van der Waals surface area contributed by atoms with E-state index in [0.29, 0.717) is 12.1 Å². The van der Waals surface area contributed by atoms with Crippen molar-refractivity contribution in [3.63, 3.8) is 0 Å². The lowest BCUT2D eigenvalue weighted by atomic mass is 10.0. The molecule has 1 unspecified atom stereocenters. The van der Waals surface area contributed by atoms with Crippen molar-refractivity contribution in [3.8, 4) is 0 Å². The molecule has 1 heterocycles. The highest BCUT2D eigenvalue weighted by Crippen LogP contribution is 2.19. The Morgan fingerprint density at radius 3 is 2.65 bits per heavy atom. The van der Waals surface area contributed by atoms with Gasteiger partial charge in [-0.05, 0) is 46.1 Å². The van der Waals surface area contributed by atoms with E-state index in [4.69, 9.17) is 0 Å². The average Bonchev–Trinajstić information content (AvgIpc) is 3.10. The molecule has 4 nitrogen and oxygen atoms in total. The minimum atomic E-state index is 0.120. The number of rotatable bonds is 4. The Labute approximate surface area is 104 Å². The van der Waals surface area contributed by atoms with E-state index in [0.717, 1.165) is 25.9 Å². The second-order valence-corrected chi connectivity index (χ2v) is 5.62. The molecule has 1 aliphatic heterocycles. The maximum Gasteiger partial charge on any atom is 0.317 e. The van der Waals surface area contributed by atoms with Crippen LogP contribution in [0, 0.1) is 0 Å². The summed E-state index contributed by atoms with van der Waals surface area (Å²) in [5.41, 5.74) is 0. The molecule has 4 heteroatoms. The van der Waals surface area contributed by atoms with E-state index in [1.807, 2.05) is 4.90 Å². The number of hydrogen-bond acceptors (Lipinski definition) is 2. The van der Waals surface area contributed by atoms with Crippen LogP contribution in [0.3, 0.4) is 0 Å². The second-order valence-electron chi connectivity index (χ2n) is 5.62. The summed E-state index contributed by atoms with van der Waals surface area (Å²) in [5.74, 6) is 0. The largest absolute Gasteiger partial charge is 0.335 e. The fourth-order valence-electron chi connectivity index (χ4n) is 2.33. The molecule has 1 aliphatic carbocycles. The summed E-state index contributed by atoms with van der Waals surface area (Å²) >= 11 is 0. The molecule has 0 aromatic heterocycles. The quantitative estimate of drug-likeness (QED) is 0.784. The van der Waals surface area contributed by atoms with E-state index in [2.05, 4.69) is 24.5 Å². The molecule has 0 spiro atoms. The van der Waals surface area contributed by atoms with E-state index < -0.39 is 0 Å². The topological polar surface area (TPSA) is 44.4 Å². The number of hydrogen-bond donors (Lipinski definition) is 2. The SMILES string of the molecule is CC(C)N(CC1CCCCN1)C(=O)NC1CC1. The number of piperidine rings is 1. The van der Waals surface area contributed by atoms with Crippen molar-refractivity contribution < 1.29 is 4.79 Å². The Hall–Kier alpha value is -0.770. The van der Waals surface area contributed by atoms with Gasteiger partial charge in [-0.25, -0.2) is 4.79 Å². The van der Waals surface area contributed by atoms with E-state index >= 15 is 0 Å². The van der Waals surface area contributed by atoms with Gasteiger partial charge in [0, 0.05) is 24.7 Å². The summed E-state index contributed by atoms with van der Waals surface area (Å²) in [6.07, 6.45) is 6.05. The number of carbonyl (C=O) groups excluding carboxylic acids is 1. The molecular formula is C13H25N3O. The van der Waals surface area contributed by atoms with Gasteiger partial charge in [0.05, 0.1) is 0 Å². The van der Waals surface area contributed by atoms with Crippen LogP contribution in [0.5, 0.6) is 0 Å². The Bertz CT molecular complexity index is 257. The van der Waals surface area contributed by atoms with Gasteiger partial charge in [-0.15, -0.1) is 0 Å². The number of urea groups is 1. The lowest BCUT2D eigenvalue weighted by molar-refractivity contribution is 0.169. The number of carbonyl (C=O) groups is 1. The van der Waals surface area contributed by atoms with Gasteiger partial charge in [-0.2, -0.15) is 0 Å². The van der Waals surface area contributed by atoms with Gasteiger partial charge in [-0.1, -0.05) is 6.42 Å². The Morgan fingerprint density at radius 1 is 1.35 bits per heavy atom. The Balaban J connectivity index is 1.83. The van der Waals surface area contributed by atoms with Gasteiger partial charge >= 0.3 is 6.03 Å². The third kappa shape index (κ3) is 3.87. The monoisotopic (exact) mass is 239 g/mol. The van der Waals surface area contributed by atoms with Gasteiger partial charge in [0.1, 0.15) is 0 Å². The first-order valence-electron chi connectivity index (χ1n) is 6.97. The van der Waals surface area contributed by atoms with Gasteiger partial charge in [0.15, 0.2) is 0 Å². The highest BCUT2D eigenvalue weighted by molar-refractivity contribution is 5.75. The van der Waals surface area contributed by atoms with Crippen LogP contribution in [0.15, 0.2) is 0 Å². The summed E-state index contributed by atoms with van der Waals surface area (Å²) in [5, 5.41) is 6.59. The van der Waals surface area contributed by atoms with E-state index in [-0.39, 0.29) is 12.1 Å². The van der Waals surface area contributed by atoms with Crippen LogP contribution < -0.4 is 10.6 Å². The third-order valence-electron chi connectivity index (χ3n) is 3.62. The van der Waals surface area contributed by atoms with Gasteiger partial charge < -0.3 is 15.5 Å². The molecule has 2 amide bonds.